The van der Waals surface area contributed by atoms with Crippen LogP contribution in [0.1, 0.15) is 53.4 Å². The molecule has 124 valence electrons. The normalized spacial score (nSPS) is 11.1. The Morgan fingerprint density at radius 2 is 0.850 bits per heavy atom. The van der Waals surface area contributed by atoms with Crippen molar-refractivity contribution in [3.63, 3.8) is 0 Å². The van der Waals surface area contributed by atoms with E-state index in [1.807, 2.05) is 0 Å². The van der Waals surface area contributed by atoms with Crippen molar-refractivity contribution in [2.24, 2.45) is 0 Å². The molecule has 4 heteroatoms. The van der Waals surface area contributed by atoms with Crippen LogP contribution in [-0.4, -0.2) is 50.1 Å². The molecule has 0 atom stereocenters. The van der Waals surface area contributed by atoms with Crippen LogP contribution in [0.3, 0.4) is 0 Å². The van der Waals surface area contributed by atoms with Crippen LogP contribution in [-0.2, 0) is 20.1 Å². The first-order valence-electron chi connectivity index (χ1n) is 8.58. The molecule has 0 aromatic heterocycles. The minimum atomic E-state index is -0.0524. The molecule has 0 saturated carbocycles. The fraction of sp³-hybridized carbons (Fsp3) is 1.00. The molecule has 0 radical (unpaired) electrons. The van der Waals surface area contributed by atoms with Crippen LogP contribution in [0, 0.1) is 0 Å². The molecular weight excluding hydrogens is 460 g/mol. The number of rotatable bonds is 14. The van der Waals surface area contributed by atoms with Gasteiger partial charge in [-0.2, -0.15) is 0 Å². The average molecular weight is 499 g/mol. The van der Waals surface area contributed by atoms with E-state index in [9.17, 15) is 0 Å². The van der Waals surface area contributed by atoms with E-state index in [0.717, 1.165) is 0 Å². The van der Waals surface area contributed by atoms with E-state index in [-0.39, 0.29) is 35.9 Å². The summed E-state index contributed by atoms with van der Waals surface area (Å²) in [5.41, 5.74) is 0. The van der Waals surface area contributed by atoms with Crippen LogP contribution >= 0.6 is 15.8 Å². The molecule has 0 aromatic carbocycles. The van der Waals surface area contributed by atoms with Crippen molar-refractivity contribution in [1.82, 2.24) is 0 Å². The molecule has 0 saturated heterocycles. The molecule has 0 aliphatic heterocycles. The number of nitrogens with zero attached hydrogens (tertiary/aromatic N) is 1. The smallest absolute Gasteiger partial charge is 0.656 e. The van der Waals surface area contributed by atoms with E-state index in [2.05, 4.69) is 27.7 Å². The van der Waals surface area contributed by atoms with Gasteiger partial charge in [-0.05, 0) is 41.5 Å². The van der Waals surface area contributed by atoms with Crippen molar-refractivity contribution >= 4 is 15.8 Å². The summed E-state index contributed by atoms with van der Waals surface area (Å²) in [6.07, 6.45) is 14.4. The second-order valence-corrected chi connectivity index (χ2v) is 11.7. The van der Waals surface area contributed by atoms with Gasteiger partial charge in [-0.15, -0.1) is 13.1 Å². The van der Waals surface area contributed by atoms with Gasteiger partial charge in [0.1, 0.15) is 0 Å². The van der Waals surface area contributed by atoms with Gasteiger partial charge >= 0.3 is 20.1 Å². The maximum absolute atomic E-state index is 4.83. The van der Waals surface area contributed by atoms with Crippen molar-refractivity contribution in [3.8, 4) is 0 Å². The van der Waals surface area contributed by atoms with Gasteiger partial charge in [-0.1, -0.05) is 27.7 Å². The topological polar surface area (TPSA) is 14.1 Å². The molecule has 0 aliphatic carbocycles. The molecule has 0 spiro atoms. The van der Waals surface area contributed by atoms with Crippen LogP contribution in [0.15, 0.2) is 0 Å². The summed E-state index contributed by atoms with van der Waals surface area (Å²) in [5, 5.41) is 4.83. The zero-order valence-electron chi connectivity index (χ0n) is 14.3. The molecule has 0 aromatic rings. The minimum absolute atomic E-state index is 0. The Labute approximate surface area is 144 Å². The summed E-state index contributed by atoms with van der Waals surface area (Å²) >= 11 is 0. The molecule has 0 bridgehead atoms. The predicted molar refractivity (Wildman–Crippen MR) is 100 cm³/mol. The summed E-state index contributed by atoms with van der Waals surface area (Å²) in [5.74, 6) is 0. The average Bonchev–Trinajstić information content (AvgIpc) is 2.39. The Balaban J connectivity index is 0. The van der Waals surface area contributed by atoms with Crippen molar-refractivity contribution in [2.75, 3.05) is 50.1 Å². The van der Waals surface area contributed by atoms with Crippen molar-refractivity contribution in [2.45, 2.75) is 53.4 Å². The molecule has 1 nitrogen and oxygen atoms in total. The van der Waals surface area contributed by atoms with Crippen molar-refractivity contribution in [3.05, 3.63) is 5.32 Å². The van der Waals surface area contributed by atoms with Gasteiger partial charge in [-0.3, -0.25) is 0 Å². The molecule has 20 heavy (non-hydrogen) atoms. The third kappa shape index (κ3) is 14.4. The maximum atomic E-state index is 4.83. The first-order valence-corrected chi connectivity index (χ1v) is 12.8. The molecule has 0 amide bonds. The van der Waals surface area contributed by atoms with Gasteiger partial charge in [0.15, 0.2) is 0 Å². The quantitative estimate of drug-likeness (QED) is 0.224. The Morgan fingerprint density at radius 1 is 0.550 bits per heavy atom. The Kier molecular flexibility index (Phi) is 22.0. The van der Waals surface area contributed by atoms with E-state index < -0.39 is 0 Å². The van der Waals surface area contributed by atoms with Gasteiger partial charge < -0.3 is 5.32 Å². The third-order valence-corrected chi connectivity index (χ3v) is 10.4. The van der Waals surface area contributed by atoms with E-state index in [1.165, 1.54) is 75.7 Å². The zero-order chi connectivity index (χ0) is 14.3. The molecule has 0 fully saturated rings. The largest absolute Gasteiger partial charge is 1.00 e. The molecular formula is C16H38IrNP2+2. The summed E-state index contributed by atoms with van der Waals surface area (Å²) in [6, 6.07) is 0. The summed E-state index contributed by atoms with van der Waals surface area (Å²) in [7, 11) is -0.105. The van der Waals surface area contributed by atoms with Crippen LogP contribution in [0.4, 0.5) is 0 Å². The number of hydrogen-bond donors (Lipinski definition) is 0. The Hall–Kier alpha value is 1.47. The molecule has 0 aliphatic rings. The first kappa shape index (κ1) is 23.7. The number of hydrogen-bond acceptors (Lipinski definition) is 0. The van der Waals surface area contributed by atoms with Crippen LogP contribution < -0.4 is 0 Å². The predicted octanol–water partition coefficient (Wildman–Crippen LogP) is 5.43. The Morgan fingerprint density at radius 3 is 1.10 bits per heavy atom. The summed E-state index contributed by atoms with van der Waals surface area (Å²) in [6.45, 7) is 11.7. The molecule has 0 heterocycles. The monoisotopic (exact) mass is 499 g/mol. The van der Waals surface area contributed by atoms with Crippen LogP contribution in [0.5, 0.6) is 0 Å². The summed E-state index contributed by atoms with van der Waals surface area (Å²) < 4.78 is 0. The fourth-order valence-electron chi connectivity index (χ4n) is 2.75. The second-order valence-electron chi connectivity index (χ2n) is 5.67. The minimum Gasteiger partial charge on any atom is -0.656 e. The molecule has 0 unspecified atom stereocenters. The molecule has 0 rings (SSSR count). The van der Waals surface area contributed by atoms with E-state index in [0.29, 0.717) is 0 Å². The fourth-order valence-corrected chi connectivity index (χ4v) is 8.03. The first-order chi connectivity index (χ1) is 9.28. The van der Waals surface area contributed by atoms with Gasteiger partial charge in [0.25, 0.3) is 0 Å². The van der Waals surface area contributed by atoms with Crippen molar-refractivity contribution in [1.29, 1.82) is 0 Å². The third-order valence-electron chi connectivity index (χ3n) is 3.66. The van der Waals surface area contributed by atoms with Gasteiger partial charge in [0.05, 0.1) is 24.6 Å². The van der Waals surface area contributed by atoms with E-state index in [1.54, 1.807) is 0 Å². The Bertz CT molecular complexity index is 152. The van der Waals surface area contributed by atoms with E-state index >= 15 is 0 Å². The standard InChI is InChI=1S/C16H36NP2.Ir/c1-5-11-18(12-6-2)15-9-17-10-16-19(13-7-3)14-8-4;/h5-16H2,1-4H3;/q-1;+1/p+2. The van der Waals surface area contributed by atoms with Gasteiger partial charge in [0, 0.05) is 12.3 Å². The summed E-state index contributed by atoms with van der Waals surface area (Å²) in [4.78, 5) is 0. The SMILES string of the molecule is CCC[PH+](CCC)CC[N-]CC[PH+](CCC)CCC.[Ir+]. The van der Waals surface area contributed by atoms with Gasteiger partial charge in [0.2, 0.25) is 0 Å². The van der Waals surface area contributed by atoms with Gasteiger partial charge in [-0.25, -0.2) is 0 Å². The second kappa shape index (κ2) is 18.5. The van der Waals surface area contributed by atoms with Crippen LogP contribution in [0.2, 0.25) is 0 Å². The zero-order valence-corrected chi connectivity index (χ0v) is 18.7. The van der Waals surface area contributed by atoms with E-state index in [4.69, 9.17) is 5.32 Å². The molecule has 0 N–H and O–H groups in total. The van der Waals surface area contributed by atoms with Crippen LogP contribution in [0.25, 0.3) is 5.32 Å². The van der Waals surface area contributed by atoms with Crippen molar-refractivity contribution < 1.29 is 20.1 Å². The maximum Gasteiger partial charge on any atom is 1.00 e.